The maximum Gasteiger partial charge on any atom is 0.323 e. The molecule has 0 aliphatic heterocycles. The first kappa shape index (κ1) is 10.5. The maximum atomic E-state index is 11.8. The van der Waals surface area contributed by atoms with Crippen LogP contribution in [0.4, 0.5) is 0 Å². The number of hydrogen-bond donors (Lipinski definition) is 2. The lowest BCUT2D eigenvalue weighted by molar-refractivity contribution is -0.137. The van der Waals surface area contributed by atoms with Gasteiger partial charge in [-0.2, -0.15) is 0 Å². The van der Waals surface area contributed by atoms with Crippen molar-refractivity contribution in [2.24, 2.45) is 0 Å². The Balaban J connectivity index is 2.81. The predicted molar refractivity (Wildman–Crippen MR) is 58.8 cm³/mol. The molecule has 0 radical (unpaired) electrons. The van der Waals surface area contributed by atoms with Crippen molar-refractivity contribution in [3.05, 3.63) is 33.5 Å². The van der Waals surface area contributed by atoms with E-state index in [-0.39, 0.29) is 10.3 Å². The smallest absolute Gasteiger partial charge is 0.323 e. The molecule has 0 unspecified atom stereocenters. The number of aromatic amines is 1. The Kier molecular flexibility index (Phi) is 2.53. The van der Waals surface area contributed by atoms with Gasteiger partial charge >= 0.3 is 5.97 Å². The van der Waals surface area contributed by atoms with Crippen LogP contribution in [0.25, 0.3) is 11.0 Å². The number of rotatable bonds is 2. The summed E-state index contributed by atoms with van der Waals surface area (Å²) in [6.45, 7) is -0.472. The van der Waals surface area contributed by atoms with Gasteiger partial charge in [-0.3, -0.25) is 14.2 Å². The van der Waals surface area contributed by atoms with Crippen LogP contribution in [0, 0.1) is 4.77 Å². The number of fused-ring (bicyclic) bond motifs is 1. The Hall–Kier alpha value is -2.02. The van der Waals surface area contributed by atoms with E-state index in [1.165, 1.54) is 6.20 Å². The third-order valence-electron chi connectivity index (χ3n) is 2.04. The van der Waals surface area contributed by atoms with Crippen LogP contribution < -0.4 is 5.56 Å². The van der Waals surface area contributed by atoms with Gasteiger partial charge in [-0.05, 0) is 24.4 Å². The minimum absolute atomic E-state index is 0.0768. The lowest BCUT2D eigenvalue weighted by Crippen LogP contribution is -2.26. The number of H-pyrrole nitrogens is 1. The molecule has 0 aliphatic carbocycles. The molecule has 0 aliphatic rings. The molecule has 0 atom stereocenters. The van der Waals surface area contributed by atoms with Gasteiger partial charge in [0.2, 0.25) is 0 Å². The van der Waals surface area contributed by atoms with E-state index in [0.717, 1.165) is 4.57 Å². The first-order valence-electron chi connectivity index (χ1n) is 4.39. The summed E-state index contributed by atoms with van der Waals surface area (Å²) in [6.07, 6.45) is 1.46. The van der Waals surface area contributed by atoms with Crippen molar-refractivity contribution in [1.82, 2.24) is 14.5 Å². The average molecular weight is 237 g/mol. The number of carboxylic acid groups (broad SMARTS) is 1. The third kappa shape index (κ3) is 1.72. The zero-order valence-corrected chi connectivity index (χ0v) is 8.82. The van der Waals surface area contributed by atoms with Crippen LogP contribution in [0.3, 0.4) is 0 Å². The number of carboxylic acids is 1. The van der Waals surface area contributed by atoms with Crippen molar-refractivity contribution in [1.29, 1.82) is 0 Å². The fourth-order valence-electron chi connectivity index (χ4n) is 1.36. The first-order chi connectivity index (χ1) is 7.59. The van der Waals surface area contributed by atoms with E-state index in [0.29, 0.717) is 5.52 Å². The minimum atomic E-state index is -1.13. The van der Waals surface area contributed by atoms with Gasteiger partial charge in [-0.1, -0.05) is 0 Å². The van der Waals surface area contributed by atoms with Crippen LogP contribution in [0.1, 0.15) is 0 Å². The highest BCUT2D eigenvalue weighted by molar-refractivity contribution is 7.71. The Bertz CT molecular complexity index is 673. The molecule has 2 N–H and O–H groups in total. The second kappa shape index (κ2) is 3.86. The summed E-state index contributed by atoms with van der Waals surface area (Å²) in [4.78, 5) is 29.0. The lowest BCUT2D eigenvalue weighted by Gasteiger charge is -2.03. The SMILES string of the molecule is O=C(O)Cn1c(=S)[nH]c2cccnc2c1=O. The van der Waals surface area contributed by atoms with Gasteiger partial charge in [-0.25, -0.2) is 4.98 Å². The van der Waals surface area contributed by atoms with E-state index < -0.39 is 18.1 Å². The van der Waals surface area contributed by atoms with Gasteiger partial charge < -0.3 is 10.1 Å². The zero-order chi connectivity index (χ0) is 11.7. The van der Waals surface area contributed by atoms with E-state index in [9.17, 15) is 9.59 Å². The second-order valence-electron chi connectivity index (χ2n) is 3.11. The molecule has 0 spiro atoms. The minimum Gasteiger partial charge on any atom is -0.480 e. The molecule has 0 saturated carbocycles. The van der Waals surface area contributed by atoms with Crippen molar-refractivity contribution in [3.8, 4) is 0 Å². The molecular formula is C9H7N3O3S. The van der Waals surface area contributed by atoms with Crippen LogP contribution in [0.5, 0.6) is 0 Å². The maximum absolute atomic E-state index is 11.8. The van der Waals surface area contributed by atoms with Crippen LogP contribution in [-0.2, 0) is 11.3 Å². The number of hydrogen-bond acceptors (Lipinski definition) is 4. The summed E-state index contributed by atoms with van der Waals surface area (Å²) in [5.41, 5.74) is 0.179. The Morgan fingerprint density at radius 1 is 1.62 bits per heavy atom. The summed E-state index contributed by atoms with van der Waals surface area (Å²) in [5.74, 6) is -1.13. The molecule has 16 heavy (non-hydrogen) atoms. The zero-order valence-electron chi connectivity index (χ0n) is 8.01. The number of pyridine rings is 1. The van der Waals surface area contributed by atoms with Crippen molar-refractivity contribution < 1.29 is 9.90 Å². The highest BCUT2D eigenvalue weighted by Crippen LogP contribution is 2.02. The molecular weight excluding hydrogens is 230 g/mol. The third-order valence-corrected chi connectivity index (χ3v) is 2.36. The first-order valence-corrected chi connectivity index (χ1v) is 4.80. The summed E-state index contributed by atoms with van der Waals surface area (Å²) in [5, 5.41) is 8.65. The predicted octanol–water partition coefficient (Wildman–Crippen LogP) is 0.539. The molecule has 2 heterocycles. The monoisotopic (exact) mass is 237 g/mol. The van der Waals surface area contributed by atoms with Crippen LogP contribution >= 0.6 is 12.2 Å². The quantitative estimate of drug-likeness (QED) is 0.744. The fourth-order valence-corrected chi connectivity index (χ4v) is 1.62. The van der Waals surface area contributed by atoms with Crippen LogP contribution in [0.15, 0.2) is 23.1 Å². The Morgan fingerprint density at radius 3 is 3.06 bits per heavy atom. The van der Waals surface area contributed by atoms with Crippen molar-refractivity contribution >= 4 is 29.2 Å². The van der Waals surface area contributed by atoms with Gasteiger partial charge in [0.1, 0.15) is 6.54 Å². The van der Waals surface area contributed by atoms with Crippen LogP contribution in [0.2, 0.25) is 0 Å². The van der Waals surface area contributed by atoms with Gasteiger partial charge in [-0.15, -0.1) is 0 Å². The fraction of sp³-hybridized carbons (Fsp3) is 0.111. The Morgan fingerprint density at radius 2 is 2.38 bits per heavy atom. The van der Waals surface area contributed by atoms with E-state index >= 15 is 0 Å². The summed E-state index contributed by atoms with van der Waals surface area (Å²) < 4.78 is 1.04. The summed E-state index contributed by atoms with van der Waals surface area (Å²) in [7, 11) is 0. The molecule has 0 bridgehead atoms. The van der Waals surface area contributed by atoms with Gasteiger partial charge in [0, 0.05) is 6.20 Å². The normalized spacial score (nSPS) is 10.5. The molecule has 2 rings (SSSR count). The van der Waals surface area contributed by atoms with Crippen molar-refractivity contribution in [2.75, 3.05) is 0 Å². The molecule has 2 aromatic rings. The molecule has 0 fully saturated rings. The number of aromatic nitrogens is 3. The second-order valence-corrected chi connectivity index (χ2v) is 3.50. The largest absolute Gasteiger partial charge is 0.480 e. The van der Waals surface area contributed by atoms with E-state index in [1.807, 2.05) is 0 Å². The highest BCUT2D eigenvalue weighted by Gasteiger charge is 2.08. The highest BCUT2D eigenvalue weighted by atomic mass is 32.1. The number of nitrogens with one attached hydrogen (secondary N) is 1. The number of nitrogens with zero attached hydrogens (tertiary/aromatic N) is 2. The van der Waals surface area contributed by atoms with E-state index in [2.05, 4.69) is 9.97 Å². The topological polar surface area (TPSA) is 88.0 Å². The number of aliphatic carboxylic acids is 1. The van der Waals surface area contributed by atoms with E-state index in [1.54, 1.807) is 12.1 Å². The standard InChI is InChI=1S/C9H7N3O3S/c13-6(14)4-12-8(15)7-5(11-9(12)16)2-1-3-10-7/h1-3H,4H2,(H,11,16)(H,13,14). The van der Waals surface area contributed by atoms with Crippen molar-refractivity contribution in [3.63, 3.8) is 0 Å². The molecule has 0 saturated heterocycles. The van der Waals surface area contributed by atoms with Crippen LogP contribution in [-0.4, -0.2) is 25.6 Å². The molecule has 6 nitrogen and oxygen atoms in total. The van der Waals surface area contributed by atoms with E-state index in [4.69, 9.17) is 17.3 Å². The average Bonchev–Trinajstić information content (AvgIpc) is 2.24. The lowest BCUT2D eigenvalue weighted by atomic mass is 10.3. The Labute approximate surface area is 94.2 Å². The molecule has 82 valence electrons. The molecule has 2 aromatic heterocycles. The molecule has 0 aromatic carbocycles. The summed E-state index contributed by atoms with van der Waals surface area (Å²) in [6, 6.07) is 3.32. The van der Waals surface area contributed by atoms with Crippen molar-refractivity contribution in [2.45, 2.75) is 6.54 Å². The molecule has 0 amide bonds. The van der Waals surface area contributed by atoms with Gasteiger partial charge in [0.15, 0.2) is 10.3 Å². The number of carbonyl (C=O) groups is 1. The summed E-state index contributed by atoms with van der Waals surface area (Å²) >= 11 is 4.90. The molecule has 7 heteroatoms. The van der Waals surface area contributed by atoms with Gasteiger partial charge in [0.05, 0.1) is 5.52 Å². The van der Waals surface area contributed by atoms with Gasteiger partial charge in [0.25, 0.3) is 5.56 Å².